The molecule has 0 aromatic carbocycles. The van der Waals surface area contributed by atoms with Crippen molar-refractivity contribution in [1.29, 1.82) is 0 Å². The fourth-order valence-electron chi connectivity index (χ4n) is 1.35. The van der Waals surface area contributed by atoms with Gasteiger partial charge < -0.3 is 4.74 Å². The van der Waals surface area contributed by atoms with Crippen LogP contribution in [-0.2, 0) is 9.53 Å². The molecule has 1 atom stereocenters. The van der Waals surface area contributed by atoms with Crippen molar-refractivity contribution in [3.8, 4) is 0 Å². The van der Waals surface area contributed by atoms with Crippen LogP contribution in [0, 0.1) is 5.92 Å². The molecule has 0 amide bonds. The molecule has 0 radical (unpaired) electrons. The smallest absolute Gasteiger partial charge is 0.330 e. The molecule has 0 saturated heterocycles. The predicted molar refractivity (Wildman–Crippen MR) is 75.0 cm³/mol. The van der Waals surface area contributed by atoms with Crippen LogP contribution in [0.15, 0.2) is 23.8 Å². The number of carbonyl (C=O) groups excluding carboxylic acids is 1. The van der Waals surface area contributed by atoms with Crippen LogP contribution in [0.1, 0.15) is 54.4 Å². The number of hydrogen-bond acceptors (Lipinski definition) is 2. The number of allylic oxidation sites excluding steroid dienone is 3. The van der Waals surface area contributed by atoms with Crippen LogP contribution in [0.4, 0.5) is 0 Å². The van der Waals surface area contributed by atoms with Gasteiger partial charge in [-0.15, -0.1) is 0 Å². The van der Waals surface area contributed by atoms with E-state index in [1.165, 1.54) is 11.6 Å². The Morgan fingerprint density at radius 2 is 1.94 bits per heavy atom. The summed E-state index contributed by atoms with van der Waals surface area (Å²) in [6, 6.07) is 0. The van der Waals surface area contributed by atoms with Crippen LogP contribution in [0.25, 0.3) is 0 Å². The van der Waals surface area contributed by atoms with Crippen molar-refractivity contribution < 1.29 is 9.53 Å². The molecule has 0 N–H and O–H groups in total. The van der Waals surface area contributed by atoms with Crippen LogP contribution in [0.3, 0.4) is 0 Å². The average molecular weight is 240 g/mol. The van der Waals surface area contributed by atoms with Crippen molar-refractivity contribution in [2.24, 2.45) is 5.92 Å². The highest BCUT2D eigenvalue weighted by Gasteiger charge is 2.02. The molecule has 0 rings (SSSR count). The molecule has 0 fully saturated rings. The van der Waals surface area contributed by atoms with E-state index in [1.807, 2.05) is 6.92 Å². The Morgan fingerprint density at radius 3 is 2.47 bits per heavy atom. The minimum Gasteiger partial charge on any atom is -0.463 e. The van der Waals surface area contributed by atoms with Gasteiger partial charge in [-0.05, 0) is 46.0 Å². The van der Waals surface area contributed by atoms with E-state index in [1.54, 1.807) is 6.08 Å². The van der Waals surface area contributed by atoms with Crippen LogP contribution >= 0.6 is 0 Å². The molecule has 2 nitrogen and oxygen atoms in total. The second-order valence-electron chi connectivity index (χ2n) is 4.42. The Labute approximate surface area is 107 Å². The van der Waals surface area contributed by atoms with Gasteiger partial charge in [-0.2, -0.15) is 0 Å². The van der Waals surface area contributed by atoms with Gasteiger partial charge in [0.25, 0.3) is 0 Å². The van der Waals surface area contributed by atoms with Gasteiger partial charge in [0, 0.05) is 6.08 Å². The summed E-state index contributed by atoms with van der Waals surface area (Å²) < 4.78 is 5.04. The zero-order valence-corrected chi connectivity index (χ0v) is 11.0. The van der Waals surface area contributed by atoms with Gasteiger partial charge >= 0.3 is 5.97 Å². The van der Waals surface area contributed by atoms with E-state index in [4.69, 9.17) is 4.74 Å². The third kappa shape index (κ3) is 12.9. The lowest BCUT2D eigenvalue weighted by Gasteiger charge is -2.09. The van der Waals surface area contributed by atoms with Crippen molar-refractivity contribution in [1.82, 2.24) is 0 Å². The van der Waals surface area contributed by atoms with Crippen LogP contribution in [0.2, 0.25) is 0 Å². The number of esters is 1. The summed E-state index contributed by atoms with van der Waals surface area (Å²) in [5.41, 5.74) is 1.37. The molecule has 0 saturated carbocycles. The van der Waals surface area contributed by atoms with E-state index in [0.717, 1.165) is 19.3 Å². The fraction of sp³-hybridized carbons (Fsp3) is 0.667. The van der Waals surface area contributed by atoms with Gasteiger partial charge in [0.1, 0.15) is 0 Å². The lowest BCUT2D eigenvalue weighted by atomic mass is 10.0. The Hall–Kier alpha value is -1.05. The largest absolute Gasteiger partial charge is 0.463 e. The summed E-state index contributed by atoms with van der Waals surface area (Å²) >= 11 is 0. The summed E-state index contributed by atoms with van der Waals surface area (Å²) in [5, 5.41) is 0. The van der Waals surface area contributed by atoms with Crippen LogP contribution in [-0.4, -0.2) is 12.6 Å². The van der Waals surface area contributed by atoms with E-state index in [-0.39, 0.29) is 13.4 Å². The molecule has 100 valence electrons. The van der Waals surface area contributed by atoms with Gasteiger partial charge in [-0.25, -0.2) is 4.79 Å². The summed E-state index contributed by atoms with van der Waals surface area (Å²) in [7, 11) is 0. The molecule has 0 aliphatic rings. The highest BCUT2D eigenvalue weighted by Crippen LogP contribution is 2.11. The van der Waals surface area contributed by atoms with Crippen molar-refractivity contribution in [3.05, 3.63) is 23.8 Å². The number of carbonyl (C=O) groups is 1. The third-order valence-electron chi connectivity index (χ3n) is 2.37. The van der Waals surface area contributed by atoms with Gasteiger partial charge in [-0.1, -0.05) is 32.1 Å². The molecule has 0 aliphatic heterocycles. The number of rotatable bonds is 7. The fourth-order valence-corrected chi connectivity index (χ4v) is 1.35. The first-order valence-electron chi connectivity index (χ1n) is 5.99. The lowest BCUT2D eigenvalue weighted by molar-refractivity contribution is -0.138. The summed E-state index contributed by atoms with van der Waals surface area (Å²) in [6.45, 7) is 8.76. The van der Waals surface area contributed by atoms with Crippen molar-refractivity contribution in [2.75, 3.05) is 6.61 Å². The Balaban J connectivity index is 0. The normalized spacial score (nSPS) is 11.8. The van der Waals surface area contributed by atoms with Gasteiger partial charge in [-0.3, -0.25) is 0 Å². The van der Waals surface area contributed by atoms with Crippen LogP contribution in [0.5, 0.6) is 0 Å². The van der Waals surface area contributed by atoms with E-state index in [9.17, 15) is 4.79 Å². The molecule has 17 heavy (non-hydrogen) atoms. The molecule has 0 bridgehead atoms. The van der Waals surface area contributed by atoms with Crippen LogP contribution < -0.4 is 0 Å². The Morgan fingerprint density at radius 1 is 1.29 bits per heavy atom. The monoisotopic (exact) mass is 240 g/mol. The van der Waals surface area contributed by atoms with Crippen molar-refractivity contribution in [3.63, 3.8) is 0 Å². The lowest BCUT2D eigenvalue weighted by Crippen LogP contribution is -2.06. The van der Waals surface area contributed by atoms with Crippen molar-refractivity contribution >= 4 is 5.97 Å². The zero-order valence-electron chi connectivity index (χ0n) is 11.0. The van der Waals surface area contributed by atoms with E-state index in [2.05, 4.69) is 26.8 Å². The first-order valence-corrected chi connectivity index (χ1v) is 5.99. The Kier molecular flexibility index (Phi) is 12.3. The van der Waals surface area contributed by atoms with Gasteiger partial charge in [0.05, 0.1) is 6.61 Å². The third-order valence-corrected chi connectivity index (χ3v) is 2.37. The number of hydrogen-bond donors (Lipinski definition) is 0. The zero-order chi connectivity index (χ0) is 12.4. The quantitative estimate of drug-likeness (QED) is 0.372. The summed E-state index contributed by atoms with van der Waals surface area (Å²) in [4.78, 5) is 11.0. The minimum atomic E-state index is -0.237. The molecular weight excluding hydrogens is 212 g/mol. The molecule has 0 aromatic heterocycles. The standard InChI is InChI=1S/C14H24O2.CH4/c1-5-7-14(15)16-11-10-13(4)9-6-8-12(2)3;/h5,7-8,13H,6,9-11H2,1-4H3;1H4/b7-5+;. The molecule has 0 aromatic rings. The maximum Gasteiger partial charge on any atom is 0.330 e. The van der Waals surface area contributed by atoms with E-state index >= 15 is 0 Å². The summed E-state index contributed by atoms with van der Waals surface area (Å²) in [6.07, 6.45) is 8.62. The topological polar surface area (TPSA) is 26.3 Å². The summed E-state index contributed by atoms with van der Waals surface area (Å²) in [5.74, 6) is 0.369. The van der Waals surface area contributed by atoms with E-state index in [0.29, 0.717) is 12.5 Å². The minimum absolute atomic E-state index is 0. The maximum atomic E-state index is 11.0. The molecule has 0 spiro atoms. The second-order valence-corrected chi connectivity index (χ2v) is 4.42. The van der Waals surface area contributed by atoms with Crippen molar-refractivity contribution in [2.45, 2.75) is 54.4 Å². The Bertz CT molecular complexity index is 248. The maximum absolute atomic E-state index is 11.0. The van der Waals surface area contributed by atoms with E-state index < -0.39 is 0 Å². The number of ether oxygens (including phenoxy) is 1. The molecule has 1 unspecified atom stereocenters. The first kappa shape index (κ1) is 18.3. The van der Waals surface area contributed by atoms with Gasteiger partial charge in [0.15, 0.2) is 0 Å². The SMILES string of the molecule is C.C/C=C/C(=O)OCCC(C)CCC=C(C)C. The molecule has 0 aliphatic carbocycles. The van der Waals surface area contributed by atoms with Gasteiger partial charge in [0.2, 0.25) is 0 Å². The molecular formula is C15H28O2. The second kappa shape index (κ2) is 11.4. The highest BCUT2D eigenvalue weighted by molar-refractivity contribution is 5.81. The first-order chi connectivity index (χ1) is 7.56. The highest BCUT2D eigenvalue weighted by atomic mass is 16.5. The predicted octanol–water partition coefficient (Wildman–Crippen LogP) is 4.51. The molecule has 0 heterocycles. The average Bonchev–Trinajstić information content (AvgIpc) is 2.17. The molecule has 2 heteroatoms.